The highest BCUT2D eigenvalue weighted by atomic mass is 35.5. The molecular formula is C24H18Cl2N4S. The van der Waals surface area contributed by atoms with Gasteiger partial charge in [-0.25, -0.2) is 9.50 Å². The van der Waals surface area contributed by atoms with Gasteiger partial charge in [-0.3, -0.25) is 0 Å². The molecule has 0 saturated carbocycles. The molecule has 7 heteroatoms. The molecule has 0 bridgehead atoms. The summed E-state index contributed by atoms with van der Waals surface area (Å²) in [6.45, 7) is 4.23. The fourth-order valence-corrected chi connectivity index (χ4v) is 4.99. The van der Waals surface area contributed by atoms with Crippen LogP contribution in [-0.4, -0.2) is 19.2 Å². The summed E-state index contributed by atoms with van der Waals surface area (Å²) in [5, 5.41) is 8.20. The van der Waals surface area contributed by atoms with Gasteiger partial charge in [0.1, 0.15) is 5.69 Å². The number of rotatable bonds is 4. The molecule has 0 unspecified atom stereocenters. The van der Waals surface area contributed by atoms with E-state index >= 15 is 0 Å². The largest absolute Gasteiger partial charge is 0.317 e. The van der Waals surface area contributed by atoms with Crippen molar-refractivity contribution in [2.24, 2.45) is 0 Å². The highest BCUT2D eigenvalue weighted by Gasteiger charge is 2.16. The standard InChI is InChI=1S/C24H18Cl2N4S/c1-15-3-4-16(2)29(15)22-10-12-31-24(22)21-14-23-27-11-9-19(30(23)28-21)8-6-17-5-7-18(25)13-20(17)26/h3-14H,1-2H3/b8-6+. The van der Waals surface area contributed by atoms with Gasteiger partial charge in [-0.05, 0) is 67.3 Å². The van der Waals surface area contributed by atoms with Crippen LogP contribution < -0.4 is 0 Å². The van der Waals surface area contributed by atoms with Crippen LogP contribution in [0, 0.1) is 13.8 Å². The number of hydrogen-bond acceptors (Lipinski definition) is 3. The van der Waals surface area contributed by atoms with Crippen molar-refractivity contribution in [1.29, 1.82) is 0 Å². The van der Waals surface area contributed by atoms with Gasteiger partial charge in [-0.2, -0.15) is 5.10 Å². The number of thiophene rings is 1. The number of nitrogens with zero attached hydrogens (tertiary/aromatic N) is 4. The normalized spacial score (nSPS) is 11.7. The molecule has 0 saturated heterocycles. The van der Waals surface area contributed by atoms with Gasteiger partial charge in [0.25, 0.3) is 0 Å². The molecule has 0 radical (unpaired) electrons. The predicted octanol–water partition coefficient (Wildman–Crippen LogP) is 7.34. The molecule has 0 fully saturated rings. The van der Waals surface area contributed by atoms with Crippen LogP contribution in [0.5, 0.6) is 0 Å². The Balaban J connectivity index is 1.57. The molecule has 5 aromatic rings. The molecule has 4 heterocycles. The predicted molar refractivity (Wildman–Crippen MR) is 130 cm³/mol. The van der Waals surface area contributed by atoms with Crippen LogP contribution in [0.4, 0.5) is 0 Å². The number of aryl methyl sites for hydroxylation is 2. The first-order valence-corrected chi connectivity index (χ1v) is 11.4. The first-order chi connectivity index (χ1) is 15.0. The van der Waals surface area contributed by atoms with Crippen molar-refractivity contribution >= 4 is 52.3 Å². The quantitative estimate of drug-likeness (QED) is 0.278. The topological polar surface area (TPSA) is 35.1 Å². The number of fused-ring (bicyclic) bond motifs is 1. The van der Waals surface area contributed by atoms with Gasteiger partial charge < -0.3 is 4.57 Å². The Morgan fingerprint density at radius 2 is 1.74 bits per heavy atom. The summed E-state index contributed by atoms with van der Waals surface area (Å²) in [5.74, 6) is 0. The van der Waals surface area contributed by atoms with Crippen LogP contribution >= 0.6 is 34.5 Å². The van der Waals surface area contributed by atoms with Gasteiger partial charge in [-0.1, -0.05) is 35.3 Å². The summed E-state index contributed by atoms with van der Waals surface area (Å²) in [6.07, 6.45) is 5.73. The molecule has 0 aliphatic carbocycles. The van der Waals surface area contributed by atoms with E-state index in [9.17, 15) is 0 Å². The van der Waals surface area contributed by atoms with E-state index in [1.54, 1.807) is 23.6 Å². The molecule has 5 rings (SSSR count). The lowest BCUT2D eigenvalue weighted by molar-refractivity contribution is 0.928. The molecule has 0 aliphatic rings. The van der Waals surface area contributed by atoms with Gasteiger partial charge in [0.2, 0.25) is 0 Å². The Hall–Kier alpha value is -2.86. The molecule has 0 N–H and O–H groups in total. The third-order valence-corrected chi connectivity index (χ3v) is 6.66. The van der Waals surface area contributed by atoms with E-state index in [2.05, 4.69) is 47.0 Å². The second kappa shape index (κ2) is 8.00. The second-order valence-electron chi connectivity index (χ2n) is 7.25. The second-order valence-corrected chi connectivity index (χ2v) is 9.01. The summed E-state index contributed by atoms with van der Waals surface area (Å²) < 4.78 is 4.11. The zero-order chi connectivity index (χ0) is 21.5. The Morgan fingerprint density at radius 1 is 0.935 bits per heavy atom. The summed E-state index contributed by atoms with van der Waals surface area (Å²) in [7, 11) is 0. The Kier molecular flexibility index (Phi) is 5.18. The van der Waals surface area contributed by atoms with Crippen LogP contribution in [0.25, 0.3) is 34.1 Å². The van der Waals surface area contributed by atoms with Crippen molar-refractivity contribution in [3.8, 4) is 16.3 Å². The number of benzene rings is 1. The molecule has 154 valence electrons. The third kappa shape index (κ3) is 3.69. The lowest BCUT2D eigenvalue weighted by Gasteiger charge is -2.09. The summed E-state index contributed by atoms with van der Waals surface area (Å²) >= 11 is 14.0. The lowest BCUT2D eigenvalue weighted by Crippen LogP contribution is -1.99. The molecule has 4 nitrogen and oxygen atoms in total. The van der Waals surface area contributed by atoms with Gasteiger partial charge in [-0.15, -0.1) is 11.3 Å². The SMILES string of the molecule is Cc1ccc(C)n1-c1ccsc1-c1cc2nccc(/C=C/c3ccc(Cl)cc3Cl)n2n1. The average molecular weight is 465 g/mol. The van der Waals surface area contributed by atoms with Gasteiger partial charge in [0, 0.05) is 33.7 Å². The van der Waals surface area contributed by atoms with Crippen molar-refractivity contribution in [2.45, 2.75) is 13.8 Å². The maximum absolute atomic E-state index is 6.31. The minimum absolute atomic E-state index is 0.607. The molecule has 0 spiro atoms. The smallest absolute Gasteiger partial charge is 0.156 e. The van der Waals surface area contributed by atoms with E-state index in [0.717, 1.165) is 33.2 Å². The van der Waals surface area contributed by atoms with Crippen molar-refractivity contribution in [2.75, 3.05) is 0 Å². The zero-order valence-corrected chi connectivity index (χ0v) is 19.2. The Labute approximate surface area is 194 Å². The van der Waals surface area contributed by atoms with Crippen molar-refractivity contribution in [3.05, 3.63) is 92.8 Å². The Bertz CT molecular complexity index is 1420. The van der Waals surface area contributed by atoms with Gasteiger partial charge >= 0.3 is 0 Å². The first-order valence-electron chi connectivity index (χ1n) is 9.72. The summed E-state index contributed by atoms with van der Waals surface area (Å²) in [5.41, 5.74) is 7.02. The minimum atomic E-state index is 0.607. The number of hydrogen-bond donors (Lipinski definition) is 0. The third-order valence-electron chi connectivity index (χ3n) is 5.17. The van der Waals surface area contributed by atoms with Crippen LogP contribution in [0.15, 0.2) is 60.1 Å². The maximum Gasteiger partial charge on any atom is 0.156 e. The van der Waals surface area contributed by atoms with Crippen LogP contribution in [-0.2, 0) is 0 Å². The fraction of sp³-hybridized carbons (Fsp3) is 0.0833. The van der Waals surface area contributed by atoms with Crippen LogP contribution in [0.1, 0.15) is 22.6 Å². The molecule has 31 heavy (non-hydrogen) atoms. The maximum atomic E-state index is 6.31. The monoisotopic (exact) mass is 464 g/mol. The van der Waals surface area contributed by atoms with E-state index in [1.807, 2.05) is 40.9 Å². The Morgan fingerprint density at radius 3 is 2.52 bits per heavy atom. The molecule has 0 atom stereocenters. The molecule has 0 aliphatic heterocycles. The van der Waals surface area contributed by atoms with Gasteiger partial charge in [0.15, 0.2) is 5.65 Å². The first kappa shape index (κ1) is 20.1. The molecular weight excluding hydrogens is 447 g/mol. The van der Waals surface area contributed by atoms with E-state index in [0.29, 0.717) is 10.0 Å². The van der Waals surface area contributed by atoms with E-state index in [1.165, 1.54) is 11.4 Å². The van der Waals surface area contributed by atoms with Crippen molar-refractivity contribution < 1.29 is 0 Å². The van der Waals surface area contributed by atoms with Crippen LogP contribution in [0.3, 0.4) is 0 Å². The zero-order valence-electron chi connectivity index (χ0n) is 16.9. The summed E-state index contributed by atoms with van der Waals surface area (Å²) in [4.78, 5) is 5.62. The van der Waals surface area contributed by atoms with E-state index in [-0.39, 0.29) is 0 Å². The average Bonchev–Trinajstić information content (AvgIpc) is 3.45. The van der Waals surface area contributed by atoms with Gasteiger partial charge in [0.05, 0.1) is 16.3 Å². The number of aromatic nitrogens is 4. The van der Waals surface area contributed by atoms with E-state index < -0.39 is 0 Å². The number of halogens is 2. The summed E-state index contributed by atoms with van der Waals surface area (Å²) in [6, 6.07) is 15.8. The van der Waals surface area contributed by atoms with Crippen LogP contribution in [0.2, 0.25) is 10.0 Å². The highest BCUT2D eigenvalue weighted by Crippen LogP contribution is 2.34. The highest BCUT2D eigenvalue weighted by molar-refractivity contribution is 7.14. The molecule has 0 amide bonds. The van der Waals surface area contributed by atoms with Crippen molar-refractivity contribution in [1.82, 2.24) is 19.2 Å². The molecule has 4 aromatic heterocycles. The molecule has 1 aromatic carbocycles. The van der Waals surface area contributed by atoms with Crippen molar-refractivity contribution in [3.63, 3.8) is 0 Å². The fourth-order valence-electron chi connectivity index (χ4n) is 3.68. The minimum Gasteiger partial charge on any atom is -0.317 e. The van der Waals surface area contributed by atoms with E-state index in [4.69, 9.17) is 28.3 Å². The lowest BCUT2D eigenvalue weighted by atomic mass is 10.2.